The van der Waals surface area contributed by atoms with Crippen molar-refractivity contribution in [2.24, 2.45) is 0 Å². The number of urea groups is 1. The van der Waals surface area contributed by atoms with E-state index in [4.69, 9.17) is 4.74 Å². The van der Waals surface area contributed by atoms with Crippen LogP contribution in [0.1, 0.15) is 28.1 Å². The molecule has 1 saturated heterocycles. The molecule has 11 heteroatoms. The number of imide groups is 2. The molecule has 0 unspecified atom stereocenters. The lowest BCUT2D eigenvalue weighted by Crippen LogP contribution is -2.54. The third kappa shape index (κ3) is 5.33. The molecule has 0 saturated carbocycles. The molecule has 0 spiro atoms. The number of pyridine rings is 1. The minimum atomic E-state index is -0.793. The Morgan fingerprint density at radius 3 is 2.20 bits per heavy atom. The number of hydrogen-bond acceptors (Lipinski definition) is 7. The first-order chi connectivity index (χ1) is 19.5. The number of nitrogens with zero attached hydrogens (tertiary/aromatic N) is 4. The minimum absolute atomic E-state index is 0.131. The van der Waals surface area contributed by atoms with Crippen LogP contribution in [0.5, 0.6) is 11.6 Å². The fourth-order valence-corrected chi connectivity index (χ4v) is 4.78. The van der Waals surface area contributed by atoms with Crippen LogP contribution < -0.4 is 15.0 Å². The molecule has 4 aromatic rings. The number of rotatable bonds is 6. The molecule has 3 heterocycles. The lowest BCUT2D eigenvalue weighted by Gasteiger charge is -2.27. The van der Waals surface area contributed by atoms with Gasteiger partial charge in [0.1, 0.15) is 17.5 Å². The Bertz CT molecular complexity index is 1730. The summed E-state index contributed by atoms with van der Waals surface area (Å²) in [6, 6.07) is 16.3. The average molecular weight is 552 g/mol. The third-order valence-electron chi connectivity index (χ3n) is 6.59. The van der Waals surface area contributed by atoms with Crippen LogP contribution in [-0.2, 0) is 9.59 Å². The summed E-state index contributed by atoms with van der Waals surface area (Å²) in [4.78, 5) is 54.0. The van der Waals surface area contributed by atoms with Crippen molar-refractivity contribution < 1.29 is 24.0 Å². The molecule has 1 aliphatic rings. The number of carbonyl (C=O) groups excluding carboxylic acids is 3. The SMILES string of the molecule is Cc1cc(C)cc(N2C(=O)NC(=O)/C(=C\c3cc(C)n(-c4ccc(Oc5ccc([N+](=O)[O-])cn5)cc4)c3C)C2=O)c1. The number of hydrogen-bond donors (Lipinski definition) is 1. The maximum absolute atomic E-state index is 13.4. The van der Waals surface area contributed by atoms with Gasteiger partial charge in [-0.1, -0.05) is 6.07 Å². The Morgan fingerprint density at radius 1 is 0.902 bits per heavy atom. The normalized spacial score (nSPS) is 14.4. The van der Waals surface area contributed by atoms with Crippen LogP contribution in [0.4, 0.5) is 16.2 Å². The van der Waals surface area contributed by atoms with Gasteiger partial charge in [0.05, 0.1) is 10.6 Å². The summed E-state index contributed by atoms with van der Waals surface area (Å²) in [7, 11) is 0. The maximum atomic E-state index is 13.4. The predicted octanol–water partition coefficient (Wildman–Crippen LogP) is 5.47. The number of aromatic nitrogens is 2. The quantitative estimate of drug-likeness (QED) is 0.145. The van der Waals surface area contributed by atoms with E-state index in [1.54, 1.807) is 24.3 Å². The van der Waals surface area contributed by atoms with Gasteiger partial charge in [-0.2, -0.15) is 0 Å². The Labute approximate surface area is 234 Å². The van der Waals surface area contributed by atoms with Crippen LogP contribution in [0.25, 0.3) is 11.8 Å². The molecule has 0 bridgehead atoms. The number of nitrogens with one attached hydrogen (secondary N) is 1. The highest BCUT2D eigenvalue weighted by molar-refractivity contribution is 6.39. The summed E-state index contributed by atoms with van der Waals surface area (Å²) >= 11 is 0. The van der Waals surface area contributed by atoms with Gasteiger partial charge < -0.3 is 9.30 Å². The van der Waals surface area contributed by atoms with Gasteiger partial charge in [0.15, 0.2) is 0 Å². The van der Waals surface area contributed by atoms with E-state index in [1.165, 1.54) is 18.2 Å². The standard InChI is InChI=1S/C30H25N5O6/c1-17-11-18(2)13-24(12-17)34-29(37)26(28(36)32-30(34)38)15-21-14-19(3)33(20(21)4)22-5-8-25(9-6-22)41-27-10-7-23(16-31-27)35(39)40/h5-16H,1-4H3,(H,32,36,38)/b26-15+. The third-order valence-corrected chi connectivity index (χ3v) is 6.59. The number of benzene rings is 2. The van der Waals surface area contributed by atoms with Crippen molar-refractivity contribution in [3.05, 3.63) is 111 Å². The summed E-state index contributed by atoms with van der Waals surface area (Å²) in [6.07, 6.45) is 2.62. The zero-order valence-electron chi connectivity index (χ0n) is 22.7. The zero-order chi connectivity index (χ0) is 29.4. The van der Waals surface area contributed by atoms with Crippen molar-refractivity contribution >= 4 is 35.3 Å². The lowest BCUT2D eigenvalue weighted by atomic mass is 10.1. The molecule has 1 aliphatic heterocycles. The predicted molar refractivity (Wildman–Crippen MR) is 151 cm³/mol. The summed E-state index contributed by atoms with van der Waals surface area (Å²) in [5, 5.41) is 13.1. The largest absolute Gasteiger partial charge is 0.439 e. The number of carbonyl (C=O) groups is 3. The molecule has 41 heavy (non-hydrogen) atoms. The molecule has 2 aromatic carbocycles. The summed E-state index contributed by atoms with van der Waals surface area (Å²) in [6.45, 7) is 7.49. The van der Waals surface area contributed by atoms with Crippen LogP contribution in [0, 0.1) is 37.8 Å². The van der Waals surface area contributed by atoms with Gasteiger partial charge in [0.25, 0.3) is 17.5 Å². The number of ether oxygens (including phenoxy) is 1. The molecule has 11 nitrogen and oxygen atoms in total. The second kappa shape index (κ2) is 10.5. The molecule has 0 atom stereocenters. The fraction of sp³-hybridized carbons (Fsp3) is 0.133. The van der Waals surface area contributed by atoms with Crippen molar-refractivity contribution in [2.45, 2.75) is 27.7 Å². The van der Waals surface area contributed by atoms with Gasteiger partial charge in [0, 0.05) is 29.2 Å². The van der Waals surface area contributed by atoms with Gasteiger partial charge in [-0.3, -0.25) is 25.0 Å². The van der Waals surface area contributed by atoms with E-state index in [0.29, 0.717) is 17.0 Å². The summed E-state index contributed by atoms with van der Waals surface area (Å²) in [5.41, 5.74) is 4.95. The number of anilines is 1. The maximum Gasteiger partial charge on any atom is 0.335 e. The number of amides is 4. The molecule has 4 amide bonds. The van der Waals surface area contributed by atoms with E-state index in [0.717, 1.165) is 39.3 Å². The van der Waals surface area contributed by atoms with Crippen molar-refractivity contribution in [3.8, 4) is 17.3 Å². The Hall–Kier alpha value is -5.58. The van der Waals surface area contributed by atoms with Crippen LogP contribution >= 0.6 is 0 Å². The Balaban J connectivity index is 1.42. The molecular formula is C30H25N5O6. The highest BCUT2D eigenvalue weighted by Gasteiger charge is 2.37. The van der Waals surface area contributed by atoms with E-state index in [-0.39, 0.29) is 17.1 Å². The van der Waals surface area contributed by atoms with Crippen molar-refractivity contribution in [3.63, 3.8) is 0 Å². The number of nitro groups is 1. The molecule has 5 rings (SSSR count). The van der Waals surface area contributed by atoms with Gasteiger partial charge in [-0.25, -0.2) is 14.7 Å². The first kappa shape index (κ1) is 27.0. The Kier molecular flexibility index (Phi) is 6.94. The summed E-state index contributed by atoms with van der Waals surface area (Å²) < 4.78 is 7.65. The van der Waals surface area contributed by atoms with Gasteiger partial charge in [-0.05, 0) is 92.9 Å². The zero-order valence-corrected chi connectivity index (χ0v) is 22.7. The second-order valence-electron chi connectivity index (χ2n) is 9.67. The van der Waals surface area contributed by atoms with Crippen LogP contribution in [0.15, 0.2) is 72.4 Å². The first-order valence-corrected chi connectivity index (χ1v) is 12.6. The average Bonchev–Trinajstić information content (AvgIpc) is 3.19. The van der Waals surface area contributed by atoms with Crippen molar-refractivity contribution in [1.82, 2.24) is 14.9 Å². The monoisotopic (exact) mass is 551 g/mol. The fourth-order valence-electron chi connectivity index (χ4n) is 4.78. The van der Waals surface area contributed by atoms with E-state index >= 15 is 0 Å². The van der Waals surface area contributed by atoms with E-state index in [1.807, 2.05) is 56.5 Å². The molecule has 1 fully saturated rings. The number of aryl methyl sites for hydroxylation is 3. The van der Waals surface area contributed by atoms with Crippen LogP contribution in [0.2, 0.25) is 0 Å². The molecule has 0 radical (unpaired) electrons. The van der Waals surface area contributed by atoms with Gasteiger partial charge in [0.2, 0.25) is 5.88 Å². The van der Waals surface area contributed by atoms with Crippen LogP contribution in [0.3, 0.4) is 0 Å². The minimum Gasteiger partial charge on any atom is -0.439 e. The second-order valence-corrected chi connectivity index (χ2v) is 9.67. The molecule has 2 aromatic heterocycles. The lowest BCUT2D eigenvalue weighted by molar-refractivity contribution is -0.385. The van der Waals surface area contributed by atoms with Crippen molar-refractivity contribution in [2.75, 3.05) is 4.90 Å². The molecule has 0 aliphatic carbocycles. The van der Waals surface area contributed by atoms with E-state index in [2.05, 4.69) is 10.3 Å². The first-order valence-electron chi connectivity index (χ1n) is 12.6. The number of barbiturate groups is 1. The molecule has 1 N–H and O–H groups in total. The van der Waals surface area contributed by atoms with Gasteiger partial charge >= 0.3 is 6.03 Å². The van der Waals surface area contributed by atoms with E-state index < -0.39 is 22.8 Å². The van der Waals surface area contributed by atoms with Crippen LogP contribution in [-0.4, -0.2) is 32.3 Å². The molecular weight excluding hydrogens is 526 g/mol. The Morgan fingerprint density at radius 2 is 1.59 bits per heavy atom. The van der Waals surface area contributed by atoms with Crippen molar-refractivity contribution in [1.29, 1.82) is 0 Å². The topological polar surface area (TPSA) is 137 Å². The highest BCUT2D eigenvalue weighted by atomic mass is 16.6. The summed E-state index contributed by atoms with van der Waals surface area (Å²) in [5.74, 6) is -0.753. The van der Waals surface area contributed by atoms with Gasteiger partial charge in [-0.15, -0.1) is 0 Å². The molecule has 206 valence electrons. The highest BCUT2D eigenvalue weighted by Crippen LogP contribution is 2.28. The smallest absolute Gasteiger partial charge is 0.335 e. The van der Waals surface area contributed by atoms with E-state index in [9.17, 15) is 24.5 Å².